The molecule has 0 saturated heterocycles. The molecule has 5 aliphatic rings. The van der Waals surface area contributed by atoms with E-state index in [1.165, 1.54) is 0 Å². The Kier molecular flexibility index (Phi) is 6.68. The predicted molar refractivity (Wildman–Crippen MR) is 127 cm³/mol. The van der Waals surface area contributed by atoms with Gasteiger partial charge in [0.1, 0.15) is 11.9 Å². The smallest absolute Gasteiger partial charge is 0.139 e. The molecule has 6 nitrogen and oxygen atoms in total. The lowest BCUT2D eigenvalue weighted by Gasteiger charge is -2.59. The van der Waals surface area contributed by atoms with Gasteiger partial charge in [0, 0.05) is 23.8 Å². The molecule has 6 atom stereocenters. The highest BCUT2D eigenvalue weighted by molar-refractivity contribution is 5.96. The number of fused-ring (bicyclic) bond motifs is 5. The summed E-state index contributed by atoms with van der Waals surface area (Å²) < 4.78 is 0. The van der Waals surface area contributed by atoms with E-state index in [4.69, 9.17) is 10.6 Å². The van der Waals surface area contributed by atoms with E-state index in [2.05, 4.69) is 24.2 Å². The van der Waals surface area contributed by atoms with Crippen LogP contribution in [0.5, 0.6) is 0 Å². The Balaban J connectivity index is 0.00000245. The van der Waals surface area contributed by atoms with Crippen LogP contribution in [-0.2, 0) is 9.63 Å². The first-order valence-corrected chi connectivity index (χ1v) is 12.6. The molecule has 0 aromatic rings. The summed E-state index contributed by atoms with van der Waals surface area (Å²) in [6.07, 6.45) is 11.8. The van der Waals surface area contributed by atoms with E-state index in [9.17, 15) is 10.0 Å². The molecule has 0 amide bonds. The number of Topliss-reactive ketones (excluding diaryl/α,β-unsaturated/α-hetero) is 1. The second-order valence-corrected chi connectivity index (χ2v) is 11.7. The van der Waals surface area contributed by atoms with Crippen LogP contribution in [0, 0.1) is 34.5 Å². The summed E-state index contributed by atoms with van der Waals surface area (Å²) in [6.45, 7) is 4.62. The van der Waals surface area contributed by atoms with Crippen LogP contribution in [0.4, 0.5) is 0 Å². The van der Waals surface area contributed by atoms with Crippen LogP contribution in [0.25, 0.3) is 0 Å². The number of nitrogens with two attached hydrogens (primary N) is 1. The summed E-state index contributed by atoms with van der Waals surface area (Å²) in [7, 11) is 0. The Hall–Kier alpha value is -1.14. The third-order valence-corrected chi connectivity index (χ3v) is 10.2. The number of hydrogen-bond donors (Lipinski definition) is 2. The summed E-state index contributed by atoms with van der Waals surface area (Å²) >= 11 is 0. The number of carbonyl (C=O) groups excluding carboxylic acids is 1. The van der Waals surface area contributed by atoms with E-state index in [-0.39, 0.29) is 35.3 Å². The second kappa shape index (κ2) is 8.90. The van der Waals surface area contributed by atoms with Gasteiger partial charge in [-0.1, -0.05) is 24.2 Å². The van der Waals surface area contributed by atoms with Crippen LogP contribution in [0.1, 0.15) is 90.9 Å². The van der Waals surface area contributed by atoms with Crippen molar-refractivity contribution in [3.05, 3.63) is 0 Å². The number of nitrogens with zero attached hydrogens (tertiary/aromatic N) is 2. The topological polar surface area (TPSA) is 97.3 Å². The molecule has 0 aromatic carbocycles. The molecule has 0 unspecified atom stereocenters. The molecule has 0 radical (unpaired) electrons. The molecule has 0 spiro atoms. The summed E-state index contributed by atoms with van der Waals surface area (Å²) in [5.41, 5.74) is 8.03. The molecule has 5 saturated carbocycles. The molecule has 5 fully saturated rings. The Bertz CT molecular complexity index is 793. The van der Waals surface area contributed by atoms with E-state index < -0.39 is 0 Å². The highest BCUT2D eigenvalue weighted by Crippen LogP contribution is 2.64. The Morgan fingerprint density at radius 1 is 1.00 bits per heavy atom. The molecule has 7 heteroatoms. The van der Waals surface area contributed by atoms with Crippen molar-refractivity contribution < 1.29 is 14.8 Å². The van der Waals surface area contributed by atoms with Gasteiger partial charge in [0.05, 0.1) is 11.4 Å². The SMILES string of the molecule is C[C@]12CCC(=NOC3CCC(N)CC3)C[C@@H]1/C(=N/O)C[C@@H]1[C@@H]2CC[C@]2(C)C(=O)CC[C@@H]12.Cl. The van der Waals surface area contributed by atoms with E-state index >= 15 is 0 Å². The van der Waals surface area contributed by atoms with Crippen LogP contribution >= 0.6 is 12.4 Å². The minimum atomic E-state index is -0.150. The number of carbonyl (C=O) groups is 1. The number of oxime groups is 2. The molecule has 5 rings (SSSR count). The van der Waals surface area contributed by atoms with Crippen LogP contribution < -0.4 is 5.73 Å². The van der Waals surface area contributed by atoms with E-state index in [0.717, 1.165) is 88.5 Å². The number of ketones is 1. The van der Waals surface area contributed by atoms with Crippen molar-refractivity contribution in [3.8, 4) is 0 Å². The van der Waals surface area contributed by atoms with Gasteiger partial charge in [-0.25, -0.2) is 0 Å². The Labute approximate surface area is 198 Å². The molecular formula is C25H40ClN3O3. The van der Waals surface area contributed by atoms with Crippen molar-refractivity contribution in [3.63, 3.8) is 0 Å². The zero-order valence-electron chi connectivity index (χ0n) is 19.6. The van der Waals surface area contributed by atoms with Gasteiger partial charge in [-0.3, -0.25) is 4.79 Å². The minimum absolute atomic E-state index is 0. The molecule has 0 aromatic heterocycles. The van der Waals surface area contributed by atoms with Crippen molar-refractivity contribution in [2.45, 2.75) is 103 Å². The lowest BCUT2D eigenvalue weighted by molar-refractivity contribution is -0.133. The zero-order chi connectivity index (χ0) is 21.8. The van der Waals surface area contributed by atoms with Crippen molar-refractivity contribution in [1.82, 2.24) is 0 Å². The highest BCUT2D eigenvalue weighted by atomic mass is 35.5. The van der Waals surface area contributed by atoms with E-state index in [1.54, 1.807) is 0 Å². The molecule has 0 aliphatic heterocycles. The van der Waals surface area contributed by atoms with Gasteiger partial charge in [0.25, 0.3) is 0 Å². The Morgan fingerprint density at radius 3 is 2.47 bits per heavy atom. The van der Waals surface area contributed by atoms with E-state index in [0.29, 0.717) is 29.6 Å². The third kappa shape index (κ3) is 3.79. The normalized spacial score (nSPS) is 48.5. The van der Waals surface area contributed by atoms with Crippen molar-refractivity contribution in [2.75, 3.05) is 0 Å². The fourth-order valence-electron chi connectivity index (χ4n) is 8.18. The Morgan fingerprint density at radius 2 is 1.75 bits per heavy atom. The van der Waals surface area contributed by atoms with Crippen LogP contribution in [0.2, 0.25) is 0 Å². The molecule has 32 heavy (non-hydrogen) atoms. The molecular weight excluding hydrogens is 426 g/mol. The van der Waals surface area contributed by atoms with Gasteiger partial charge in [0.2, 0.25) is 0 Å². The van der Waals surface area contributed by atoms with Crippen molar-refractivity contribution in [2.24, 2.45) is 50.5 Å². The van der Waals surface area contributed by atoms with Gasteiger partial charge in [-0.05, 0) is 93.8 Å². The maximum atomic E-state index is 12.7. The van der Waals surface area contributed by atoms with Gasteiger partial charge >= 0.3 is 0 Å². The number of rotatable bonds is 2. The van der Waals surface area contributed by atoms with Gasteiger partial charge < -0.3 is 15.8 Å². The first-order valence-electron chi connectivity index (χ1n) is 12.6. The molecule has 5 aliphatic carbocycles. The first kappa shape index (κ1) is 24.0. The van der Waals surface area contributed by atoms with Gasteiger partial charge in [-0.2, -0.15) is 0 Å². The molecule has 3 N–H and O–H groups in total. The van der Waals surface area contributed by atoms with Gasteiger partial charge in [0.15, 0.2) is 0 Å². The third-order valence-electron chi connectivity index (χ3n) is 10.2. The summed E-state index contributed by atoms with van der Waals surface area (Å²) in [6, 6.07) is 0.314. The van der Waals surface area contributed by atoms with Gasteiger partial charge in [-0.15, -0.1) is 12.4 Å². The molecule has 0 bridgehead atoms. The lowest BCUT2D eigenvalue weighted by Crippen LogP contribution is -2.56. The first-order chi connectivity index (χ1) is 14.8. The quantitative estimate of drug-likeness (QED) is 0.437. The zero-order valence-corrected chi connectivity index (χ0v) is 20.4. The number of halogens is 1. The monoisotopic (exact) mass is 465 g/mol. The van der Waals surface area contributed by atoms with Crippen LogP contribution in [-0.4, -0.2) is 34.6 Å². The standard InChI is InChI=1S/C25H39N3O3.ClH/c1-24-11-9-16(28-31-17-5-3-15(26)4-6-17)13-21(24)22(27-30)14-18-19-7-8-23(29)25(19,2)12-10-20(18)24;/h15,17-21,30H,3-14,26H2,1-2H3;1H/b27-22+,28-16?;/t15?,17?,18-,19-,20-,21+,24+,25-;/m0./s1. The van der Waals surface area contributed by atoms with Crippen LogP contribution in [0.15, 0.2) is 10.3 Å². The average molecular weight is 466 g/mol. The maximum absolute atomic E-state index is 12.7. The summed E-state index contributed by atoms with van der Waals surface area (Å²) in [5.74, 6) is 2.22. The number of hydrogen-bond acceptors (Lipinski definition) is 6. The summed E-state index contributed by atoms with van der Waals surface area (Å²) in [4.78, 5) is 18.6. The van der Waals surface area contributed by atoms with Crippen molar-refractivity contribution in [1.29, 1.82) is 0 Å². The molecule has 0 heterocycles. The van der Waals surface area contributed by atoms with Crippen molar-refractivity contribution >= 4 is 29.6 Å². The summed E-state index contributed by atoms with van der Waals surface area (Å²) in [5, 5.41) is 18.4. The van der Waals surface area contributed by atoms with E-state index in [1.807, 2.05) is 0 Å². The molecule has 180 valence electrons. The highest BCUT2D eigenvalue weighted by Gasteiger charge is 2.61. The van der Waals surface area contributed by atoms with Crippen LogP contribution in [0.3, 0.4) is 0 Å². The lowest BCUT2D eigenvalue weighted by atomic mass is 9.45. The largest absolute Gasteiger partial charge is 0.411 e. The maximum Gasteiger partial charge on any atom is 0.139 e. The fraction of sp³-hybridized carbons (Fsp3) is 0.880. The second-order valence-electron chi connectivity index (χ2n) is 11.7. The minimum Gasteiger partial charge on any atom is -0.411 e. The predicted octanol–water partition coefficient (Wildman–Crippen LogP) is 5.10. The average Bonchev–Trinajstić information content (AvgIpc) is 3.07. The fourth-order valence-corrected chi connectivity index (χ4v) is 8.18.